The molecular formula is C20H13N3O2. The summed E-state index contributed by atoms with van der Waals surface area (Å²) < 4.78 is 1.78. The van der Waals surface area contributed by atoms with Gasteiger partial charge in [-0.25, -0.2) is 9.88 Å². The average molecular weight is 327 g/mol. The molecule has 0 spiro atoms. The van der Waals surface area contributed by atoms with Crippen LogP contribution in [-0.4, -0.2) is 21.4 Å². The lowest BCUT2D eigenvalue weighted by Crippen LogP contribution is -2.41. The van der Waals surface area contributed by atoms with Gasteiger partial charge in [0.1, 0.15) is 0 Å². The molecule has 2 heterocycles. The topological polar surface area (TPSA) is 55.2 Å². The van der Waals surface area contributed by atoms with Gasteiger partial charge in [0.05, 0.1) is 11.0 Å². The van der Waals surface area contributed by atoms with Crippen LogP contribution in [0.5, 0.6) is 0 Å². The summed E-state index contributed by atoms with van der Waals surface area (Å²) in [5.41, 5.74) is 2.67. The summed E-state index contributed by atoms with van der Waals surface area (Å²) in [6.45, 7) is 0. The van der Waals surface area contributed by atoms with Gasteiger partial charge in [-0.15, -0.1) is 0 Å². The normalized spacial score (nSPS) is 13.9. The molecule has 0 N–H and O–H groups in total. The summed E-state index contributed by atoms with van der Waals surface area (Å²) in [5.74, 6) is -0.344. The van der Waals surface area contributed by atoms with Crippen LogP contribution in [0.1, 0.15) is 20.7 Å². The van der Waals surface area contributed by atoms with Gasteiger partial charge in [0, 0.05) is 23.6 Å². The number of fused-ring (bicyclic) bond motifs is 1. The predicted octanol–water partition coefficient (Wildman–Crippen LogP) is 3.53. The van der Waals surface area contributed by atoms with Crippen molar-refractivity contribution in [2.75, 3.05) is 4.90 Å². The first-order valence-electron chi connectivity index (χ1n) is 7.99. The van der Waals surface area contributed by atoms with E-state index >= 15 is 0 Å². The molecule has 0 aliphatic carbocycles. The number of amides is 2. The summed E-state index contributed by atoms with van der Waals surface area (Å²) in [5, 5.41) is 1.61. The van der Waals surface area contributed by atoms with E-state index in [9.17, 15) is 9.59 Å². The molecule has 120 valence electrons. The van der Waals surface area contributed by atoms with Crippen LogP contribution in [0.3, 0.4) is 0 Å². The number of hydrogen-bond donors (Lipinski definition) is 0. The van der Waals surface area contributed by atoms with E-state index in [0.717, 1.165) is 21.8 Å². The molecule has 4 aromatic rings. The van der Waals surface area contributed by atoms with Crippen LogP contribution in [0.2, 0.25) is 0 Å². The maximum absolute atomic E-state index is 13.1. The van der Waals surface area contributed by atoms with E-state index in [4.69, 9.17) is 0 Å². The lowest BCUT2D eigenvalue weighted by Gasteiger charge is -2.26. The Morgan fingerprint density at radius 2 is 1.44 bits per heavy atom. The van der Waals surface area contributed by atoms with E-state index in [2.05, 4.69) is 4.98 Å². The Kier molecular flexibility index (Phi) is 2.65. The minimum absolute atomic E-state index is 0.336. The van der Waals surface area contributed by atoms with Crippen molar-refractivity contribution in [3.63, 3.8) is 0 Å². The number of carbonyl (C=O) groups is 2. The zero-order chi connectivity index (χ0) is 17.1. The lowest BCUT2D eigenvalue weighted by atomic mass is 9.94. The third-order valence-electron chi connectivity index (χ3n) is 4.74. The number of hydrogen-bond acceptors (Lipinski definition) is 3. The molecule has 0 unspecified atom stereocenters. The Labute approximate surface area is 143 Å². The van der Waals surface area contributed by atoms with Gasteiger partial charge >= 0.3 is 0 Å². The van der Waals surface area contributed by atoms with Gasteiger partial charge in [0.25, 0.3) is 11.8 Å². The van der Waals surface area contributed by atoms with Crippen LogP contribution >= 0.6 is 0 Å². The summed E-state index contributed by atoms with van der Waals surface area (Å²) in [4.78, 5) is 31.9. The molecule has 0 saturated heterocycles. The van der Waals surface area contributed by atoms with E-state index in [1.54, 1.807) is 16.7 Å². The second kappa shape index (κ2) is 4.77. The number of imide groups is 1. The van der Waals surface area contributed by atoms with Crippen molar-refractivity contribution in [1.29, 1.82) is 0 Å². The largest absolute Gasteiger partial charge is 0.312 e. The standard InChI is InChI=1S/C20H13N3O2/c1-22-16-11-3-2-10-15(16)21-20(22)23-18(24)13-8-4-6-12-7-5-9-14(17(12)13)19(23)25/h2-11H,1H3. The highest BCUT2D eigenvalue weighted by Crippen LogP contribution is 2.33. The van der Waals surface area contributed by atoms with Crippen LogP contribution < -0.4 is 4.90 Å². The molecule has 5 heteroatoms. The van der Waals surface area contributed by atoms with Crippen LogP contribution in [-0.2, 0) is 7.05 Å². The fourth-order valence-corrected chi connectivity index (χ4v) is 3.55. The minimum Gasteiger partial charge on any atom is -0.312 e. The molecule has 0 atom stereocenters. The number of aryl methyl sites for hydroxylation is 1. The average Bonchev–Trinajstić information content (AvgIpc) is 2.97. The van der Waals surface area contributed by atoms with Crippen LogP contribution in [0.25, 0.3) is 21.8 Å². The quantitative estimate of drug-likeness (QED) is 0.503. The molecule has 0 radical (unpaired) electrons. The minimum atomic E-state index is -0.340. The first kappa shape index (κ1) is 13.9. The van der Waals surface area contributed by atoms with Gasteiger partial charge in [0.15, 0.2) is 0 Å². The number of rotatable bonds is 1. The number of aromatic nitrogens is 2. The maximum Gasteiger partial charge on any atom is 0.268 e. The summed E-state index contributed by atoms with van der Waals surface area (Å²) in [7, 11) is 1.81. The number of para-hydroxylation sites is 2. The fourth-order valence-electron chi connectivity index (χ4n) is 3.55. The Morgan fingerprint density at radius 3 is 2.08 bits per heavy atom. The van der Waals surface area contributed by atoms with Crippen molar-refractivity contribution in [3.8, 4) is 0 Å². The van der Waals surface area contributed by atoms with Crippen LogP contribution in [0.4, 0.5) is 5.95 Å². The van der Waals surface area contributed by atoms with E-state index in [1.165, 1.54) is 4.90 Å². The molecule has 0 fully saturated rings. The third-order valence-corrected chi connectivity index (χ3v) is 4.74. The molecule has 1 aliphatic heterocycles. The summed E-state index contributed by atoms with van der Waals surface area (Å²) in [6, 6.07) is 18.6. The van der Waals surface area contributed by atoms with E-state index in [-0.39, 0.29) is 11.8 Å². The number of benzene rings is 3. The molecule has 25 heavy (non-hydrogen) atoms. The lowest BCUT2D eigenvalue weighted by molar-refractivity contribution is 0.0890. The van der Waals surface area contributed by atoms with Gasteiger partial charge in [-0.2, -0.15) is 0 Å². The molecule has 0 saturated carbocycles. The molecule has 3 aromatic carbocycles. The molecular weight excluding hydrogens is 314 g/mol. The number of nitrogens with zero attached hydrogens (tertiary/aromatic N) is 3. The van der Waals surface area contributed by atoms with Crippen LogP contribution in [0.15, 0.2) is 60.7 Å². The zero-order valence-corrected chi connectivity index (χ0v) is 13.4. The molecule has 1 aliphatic rings. The van der Waals surface area contributed by atoms with E-state index < -0.39 is 0 Å². The Balaban J connectivity index is 1.80. The monoisotopic (exact) mass is 327 g/mol. The van der Waals surface area contributed by atoms with Crippen molar-refractivity contribution in [3.05, 3.63) is 71.8 Å². The zero-order valence-electron chi connectivity index (χ0n) is 13.4. The third kappa shape index (κ3) is 1.75. The second-order valence-corrected chi connectivity index (χ2v) is 6.11. The molecule has 1 aromatic heterocycles. The highest BCUT2D eigenvalue weighted by molar-refractivity contribution is 6.35. The molecule has 2 amide bonds. The van der Waals surface area contributed by atoms with Crippen molar-refractivity contribution < 1.29 is 9.59 Å². The van der Waals surface area contributed by atoms with Gasteiger partial charge in [-0.05, 0) is 29.7 Å². The summed E-state index contributed by atoms with van der Waals surface area (Å²) >= 11 is 0. The van der Waals surface area contributed by atoms with Gasteiger partial charge in [-0.3, -0.25) is 9.59 Å². The number of imidazole rings is 1. The van der Waals surface area contributed by atoms with Crippen molar-refractivity contribution in [2.45, 2.75) is 0 Å². The fraction of sp³-hybridized carbons (Fsp3) is 0.0500. The number of anilines is 1. The Bertz CT molecular complexity index is 1160. The highest BCUT2D eigenvalue weighted by Gasteiger charge is 2.36. The van der Waals surface area contributed by atoms with E-state index in [0.29, 0.717) is 17.1 Å². The molecule has 5 rings (SSSR count). The number of carbonyl (C=O) groups excluding carboxylic acids is 2. The van der Waals surface area contributed by atoms with Crippen molar-refractivity contribution in [2.24, 2.45) is 7.05 Å². The molecule has 0 bridgehead atoms. The maximum atomic E-state index is 13.1. The van der Waals surface area contributed by atoms with Gasteiger partial charge in [0.2, 0.25) is 5.95 Å². The SMILES string of the molecule is Cn1c(N2C(=O)c3cccc4cccc(c34)C2=O)nc2ccccc21. The Hall–Kier alpha value is -3.47. The van der Waals surface area contributed by atoms with Crippen LogP contribution in [0, 0.1) is 0 Å². The highest BCUT2D eigenvalue weighted by atomic mass is 16.2. The smallest absolute Gasteiger partial charge is 0.268 e. The first-order chi connectivity index (χ1) is 12.2. The van der Waals surface area contributed by atoms with Crippen molar-refractivity contribution >= 4 is 39.6 Å². The van der Waals surface area contributed by atoms with Gasteiger partial charge < -0.3 is 4.57 Å². The molecule has 5 nitrogen and oxygen atoms in total. The predicted molar refractivity (Wildman–Crippen MR) is 95.8 cm³/mol. The second-order valence-electron chi connectivity index (χ2n) is 6.11. The van der Waals surface area contributed by atoms with Crippen molar-refractivity contribution in [1.82, 2.24) is 9.55 Å². The van der Waals surface area contributed by atoms with Gasteiger partial charge in [-0.1, -0.05) is 36.4 Å². The Morgan fingerprint density at radius 1 is 0.800 bits per heavy atom. The summed E-state index contributed by atoms with van der Waals surface area (Å²) in [6.07, 6.45) is 0. The van der Waals surface area contributed by atoms with E-state index in [1.807, 2.05) is 55.6 Å². The first-order valence-corrected chi connectivity index (χ1v) is 7.99.